The van der Waals surface area contributed by atoms with Crippen molar-refractivity contribution in [2.45, 2.75) is 65.1 Å². The molecule has 2 aliphatic carbocycles. The molecule has 0 bridgehead atoms. The minimum absolute atomic E-state index is 0.0412. The van der Waals surface area contributed by atoms with Crippen LogP contribution in [-0.4, -0.2) is 46.7 Å². The third-order valence-corrected chi connectivity index (χ3v) is 6.67. The monoisotopic (exact) mass is 406 g/mol. The summed E-state index contributed by atoms with van der Waals surface area (Å²) < 4.78 is 5.25. The number of aliphatic hydroxyl groups is 2. The Morgan fingerprint density at radius 2 is 2.17 bits per heavy atom. The first kappa shape index (κ1) is 23.8. The fraction of sp³-hybridized carbons (Fsp3) is 0.708. The second-order valence-electron chi connectivity index (χ2n) is 9.46. The van der Waals surface area contributed by atoms with E-state index in [4.69, 9.17) is 9.84 Å². The predicted octanol–water partition coefficient (Wildman–Crippen LogP) is 3.97. The van der Waals surface area contributed by atoms with Crippen LogP contribution in [0.25, 0.3) is 0 Å². The third kappa shape index (κ3) is 6.53. The van der Waals surface area contributed by atoms with Gasteiger partial charge in [-0.15, -0.1) is 6.58 Å². The molecule has 4 unspecified atom stereocenters. The Labute approximate surface area is 175 Å². The first-order valence-electron chi connectivity index (χ1n) is 10.8. The highest BCUT2D eigenvalue weighted by Crippen LogP contribution is 2.49. The lowest BCUT2D eigenvalue weighted by Crippen LogP contribution is -2.28. The van der Waals surface area contributed by atoms with Crippen LogP contribution in [0.3, 0.4) is 0 Å². The summed E-state index contributed by atoms with van der Waals surface area (Å²) in [6.45, 7) is 10.1. The topological polar surface area (TPSA) is 87.0 Å². The van der Waals surface area contributed by atoms with E-state index in [1.54, 1.807) is 0 Å². The number of aliphatic carboxylic acids is 1. The molecule has 0 radical (unpaired) electrons. The van der Waals surface area contributed by atoms with Crippen molar-refractivity contribution in [2.24, 2.45) is 29.1 Å². The predicted molar refractivity (Wildman–Crippen MR) is 114 cm³/mol. The van der Waals surface area contributed by atoms with E-state index in [0.717, 1.165) is 32.1 Å². The number of ether oxygens (including phenoxy) is 1. The van der Waals surface area contributed by atoms with Crippen LogP contribution in [0.15, 0.2) is 36.5 Å². The van der Waals surface area contributed by atoms with Gasteiger partial charge in [0.05, 0.1) is 18.8 Å². The average Bonchev–Trinajstić information content (AvgIpc) is 3.16. The van der Waals surface area contributed by atoms with Crippen molar-refractivity contribution in [3.05, 3.63) is 36.5 Å². The largest absolute Gasteiger partial charge is 0.480 e. The van der Waals surface area contributed by atoms with Crippen LogP contribution < -0.4 is 0 Å². The number of hydrogen-bond donors (Lipinski definition) is 3. The van der Waals surface area contributed by atoms with Gasteiger partial charge in [0.1, 0.15) is 6.61 Å². The summed E-state index contributed by atoms with van der Waals surface area (Å²) in [4.78, 5) is 10.6. The number of hydrogen-bond acceptors (Lipinski definition) is 4. The van der Waals surface area contributed by atoms with Gasteiger partial charge in [-0.2, -0.15) is 0 Å². The molecular formula is C24H38O5. The highest BCUT2D eigenvalue weighted by atomic mass is 16.5. The van der Waals surface area contributed by atoms with Gasteiger partial charge in [0.25, 0.3) is 0 Å². The van der Waals surface area contributed by atoms with Crippen LogP contribution in [0.5, 0.6) is 0 Å². The van der Waals surface area contributed by atoms with Crippen molar-refractivity contribution in [3.8, 4) is 0 Å². The minimum Gasteiger partial charge on any atom is -0.480 e. The lowest BCUT2D eigenvalue weighted by molar-refractivity contribution is -0.142. The fourth-order valence-electron chi connectivity index (χ4n) is 4.69. The number of aliphatic hydroxyl groups excluding tert-OH is 2. The molecule has 164 valence electrons. The van der Waals surface area contributed by atoms with Gasteiger partial charge >= 0.3 is 5.97 Å². The van der Waals surface area contributed by atoms with Crippen molar-refractivity contribution in [2.75, 3.05) is 13.2 Å². The normalized spacial score (nSPS) is 28.9. The summed E-state index contributed by atoms with van der Waals surface area (Å²) >= 11 is 0. The van der Waals surface area contributed by atoms with E-state index in [1.165, 1.54) is 5.57 Å². The summed E-state index contributed by atoms with van der Waals surface area (Å²) in [6, 6.07) is 0. The van der Waals surface area contributed by atoms with Crippen LogP contribution >= 0.6 is 0 Å². The molecule has 0 aromatic carbocycles. The summed E-state index contributed by atoms with van der Waals surface area (Å²) in [6.07, 6.45) is 11.7. The number of carbonyl (C=O) groups is 1. The average molecular weight is 407 g/mol. The number of fused-ring (bicyclic) bond motifs is 1. The van der Waals surface area contributed by atoms with Gasteiger partial charge in [-0.05, 0) is 49.4 Å². The van der Waals surface area contributed by atoms with Gasteiger partial charge < -0.3 is 20.1 Å². The van der Waals surface area contributed by atoms with Crippen molar-refractivity contribution in [1.29, 1.82) is 0 Å². The molecule has 1 saturated carbocycles. The van der Waals surface area contributed by atoms with E-state index in [1.807, 2.05) is 18.2 Å². The molecule has 0 saturated heterocycles. The summed E-state index contributed by atoms with van der Waals surface area (Å²) in [5, 5.41) is 29.9. The van der Waals surface area contributed by atoms with Crippen LogP contribution in [0.4, 0.5) is 0 Å². The Morgan fingerprint density at radius 1 is 1.45 bits per heavy atom. The van der Waals surface area contributed by atoms with Crippen LogP contribution in [0, 0.1) is 29.1 Å². The number of allylic oxidation sites excluding steroid dienone is 2. The van der Waals surface area contributed by atoms with Gasteiger partial charge in [-0.1, -0.05) is 50.6 Å². The molecule has 3 N–H and O–H groups in total. The van der Waals surface area contributed by atoms with Gasteiger partial charge in [0.15, 0.2) is 0 Å². The summed E-state index contributed by atoms with van der Waals surface area (Å²) in [5.41, 5.74) is 1.08. The molecule has 0 aromatic rings. The SMILES string of the molecule is C=CCCCC(C)(C)C(O)/C=C/[C@@H]1C2CC(C(C)COCC(=O)O)=CC2C[C@H]1O. The van der Waals surface area contributed by atoms with E-state index in [2.05, 4.69) is 33.4 Å². The van der Waals surface area contributed by atoms with E-state index >= 15 is 0 Å². The lowest BCUT2D eigenvalue weighted by Gasteiger charge is -2.29. The molecule has 0 spiro atoms. The maximum atomic E-state index is 10.7. The molecule has 2 rings (SSSR count). The zero-order chi connectivity index (χ0) is 21.6. The highest BCUT2D eigenvalue weighted by Gasteiger charge is 2.44. The van der Waals surface area contributed by atoms with Gasteiger partial charge in [0.2, 0.25) is 0 Å². The number of unbranched alkanes of at least 4 members (excludes halogenated alkanes) is 1. The van der Waals surface area contributed by atoms with E-state index in [9.17, 15) is 15.0 Å². The Hall–Kier alpha value is -1.43. The quantitative estimate of drug-likeness (QED) is 0.337. The third-order valence-electron chi connectivity index (χ3n) is 6.67. The Kier molecular flexibility index (Phi) is 8.68. The van der Waals surface area contributed by atoms with Gasteiger partial charge in [-0.3, -0.25) is 0 Å². The zero-order valence-electron chi connectivity index (χ0n) is 18.1. The van der Waals surface area contributed by atoms with Gasteiger partial charge in [0, 0.05) is 11.8 Å². The van der Waals surface area contributed by atoms with Crippen LogP contribution in [-0.2, 0) is 9.53 Å². The highest BCUT2D eigenvalue weighted by molar-refractivity contribution is 5.67. The molecule has 5 heteroatoms. The van der Waals surface area contributed by atoms with Crippen molar-refractivity contribution in [1.82, 2.24) is 0 Å². The van der Waals surface area contributed by atoms with E-state index in [-0.39, 0.29) is 30.0 Å². The van der Waals surface area contributed by atoms with Crippen molar-refractivity contribution < 1.29 is 24.9 Å². The molecular weight excluding hydrogens is 368 g/mol. The fourth-order valence-corrected chi connectivity index (χ4v) is 4.69. The molecule has 0 aliphatic heterocycles. The second kappa shape index (κ2) is 10.6. The smallest absolute Gasteiger partial charge is 0.329 e. The Bertz CT molecular complexity index is 621. The molecule has 0 heterocycles. The van der Waals surface area contributed by atoms with E-state index in [0.29, 0.717) is 18.4 Å². The van der Waals surface area contributed by atoms with Crippen molar-refractivity contribution in [3.63, 3.8) is 0 Å². The minimum atomic E-state index is -0.950. The maximum absolute atomic E-state index is 10.7. The molecule has 0 amide bonds. The van der Waals surface area contributed by atoms with Gasteiger partial charge in [-0.25, -0.2) is 4.79 Å². The van der Waals surface area contributed by atoms with Crippen LogP contribution in [0.1, 0.15) is 52.9 Å². The number of carboxylic acids is 1. The second-order valence-corrected chi connectivity index (χ2v) is 9.46. The summed E-state index contributed by atoms with van der Waals surface area (Å²) in [5.74, 6) is -0.0482. The molecule has 0 aromatic heterocycles. The molecule has 6 atom stereocenters. The number of carboxylic acid groups (broad SMARTS) is 1. The van der Waals surface area contributed by atoms with Crippen LogP contribution in [0.2, 0.25) is 0 Å². The maximum Gasteiger partial charge on any atom is 0.329 e. The summed E-state index contributed by atoms with van der Waals surface area (Å²) in [7, 11) is 0. The standard InChI is InChI=1S/C24H38O5/c1-5-6-7-10-24(3,4)22(26)9-8-19-20-12-17(11-18(20)13-21(19)25)16(2)14-29-15-23(27)28/h5,8-9,11,16,18-22,25-26H,1,6-7,10,12-15H2,2-4H3,(H,27,28)/b9-8+/t16?,18?,19-,20?,21-,22?/m1/s1. The number of rotatable bonds is 12. The van der Waals surface area contributed by atoms with Crippen molar-refractivity contribution >= 4 is 5.97 Å². The molecule has 1 fully saturated rings. The molecule has 5 nitrogen and oxygen atoms in total. The van der Waals surface area contributed by atoms with E-state index < -0.39 is 12.1 Å². The first-order chi connectivity index (χ1) is 13.7. The Balaban J connectivity index is 1.92. The molecule has 29 heavy (non-hydrogen) atoms. The Morgan fingerprint density at radius 3 is 2.83 bits per heavy atom. The zero-order valence-corrected chi connectivity index (χ0v) is 18.1. The lowest BCUT2D eigenvalue weighted by atomic mass is 9.80. The first-order valence-corrected chi connectivity index (χ1v) is 10.8. The molecule has 2 aliphatic rings.